The first-order chi connectivity index (χ1) is 21.4. The van der Waals surface area contributed by atoms with E-state index in [2.05, 4.69) is 15.3 Å². The Balaban J connectivity index is 1.58. The van der Waals surface area contributed by atoms with Crippen LogP contribution in [0.15, 0.2) is 48.7 Å². The fourth-order valence-corrected chi connectivity index (χ4v) is 5.02. The van der Waals surface area contributed by atoms with Crippen molar-refractivity contribution < 1.29 is 42.8 Å². The molecule has 1 saturated heterocycles. The molecular weight excluding hydrogens is 590 g/mol. The molecule has 3 N–H and O–H groups in total. The summed E-state index contributed by atoms with van der Waals surface area (Å²) in [6.45, 7) is 4.49. The third-order valence-electron chi connectivity index (χ3n) is 7.11. The van der Waals surface area contributed by atoms with Crippen LogP contribution in [0.25, 0.3) is 17.1 Å². The molecule has 13 heteroatoms. The van der Waals surface area contributed by atoms with Crippen LogP contribution in [0.3, 0.4) is 0 Å². The van der Waals surface area contributed by atoms with E-state index >= 15 is 0 Å². The fourth-order valence-electron chi connectivity index (χ4n) is 5.02. The Morgan fingerprint density at radius 1 is 1.20 bits per heavy atom. The maximum atomic E-state index is 14.2. The second kappa shape index (κ2) is 14.7. The van der Waals surface area contributed by atoms with Crippen LogP contribution in [-0.4, -0.2) is 87.3 Å². The van der Waals surface area contributed by atoms with Gasteiger partial charge in [-0.05, 0) is 63.9 Å². The summed E-state index contributed by atoms with van der Waals surface area (Å²) in [5.41, 5.74) is 0.506. The molecule has 0 radical (unpaired) electrons. The van der Waals surface area contributed by atoms with E-state index in [1.165, 1.54) is 30.4 Å². The van der Waals surface area contributed by atoms with Crippen LogP contribution < -0.4 is 10.1 Å². The molecule has 11 nitrogen and oxygen atoms in total. The standard InChI is InChI=1S/C32H38F2N4O7/c1-32(2,3)45-31(42)38(15-5-6-19-16-20(33)7-8-22(19)34)25-10-11-26(44-27(25)17-21(40)18-39)30(41)36-24-13-14-35-23-9-12-28(43-4)37-29(23)24/h5-9,12-14,16,21,25-27,39-40H,10-11,15,17-18H2,1-4H3,(H,35,36,41)/b6-5+/t21?,25-,26+,27-/m1/s1. The molecule has 1 aliphatic rings. The number of carbonyl (C=O) groups is 2. The first-order valence-electron chi connectivity index (χ1n) is 14.5. The third-order valence-corrected chi connectivity index (χ3v) is 7.11. The van der Waals surface area contributed by atoms with Crippen molar-refractivity contribution in [2.45, 2.75) is 70.0 Å². The van der Waals surface area contributed by atoms with Crippen LogP contribution in [0, 0.1) is 11.6 Å². The number of nitrogens with zero attached hydrogens (tertiary/aromatic N) is 3. The van der Waals surface area contributed by atoms with Gasteiger partial charge in [0.15, 0.2) is 0 Å². The molecule has 2 amide bonds. The Hall–Kier alpha value is -4.20. The lowest BCUT2D eigenvalue weighted by Crippen LogP contribution is -2.55. The topological polar surface area (TPSA) is 143 Å². The monoisotopic (exact) mass is 628 g/mol. The summed E-state index contributed by atoms with van der Waals surface area (Å²) in [6.07, 6.45) is 1.00. The molecule has 45 heavy (non-hydrogen) atoms. The highest BCUT2D eigenvalue weighted by molar-refractivity contribution is 6.01. The minimum absolute atomic E-state index is 0.00114. The predicted molar refractivity (Wildman–Crippen MR) is 162 cm³/mol. The van der Waals surface area contributed by atoms with Crippen LogP contribution in [0.1, 0.15) is 45.6 Å². The second-order valence-electron chi connectivity index (χ2n) is 11.6. The van der Waals surface area contributed by atoms with E-state index in [1.54, 1.807) is 39.0 Å². The van der Waals surface area contributed by atoms with E-state index in [0.717, 1.165) is 18.2 Å². The molecule has 2 aromatic heterocycles. The van der Waals surface area contributed by atoms with Gasteiger partial charge in [-0.15, -0.1) is 0 Å². The number of rotatable bonds is 10. The number of amides is 2. The highest BCUT2D eigenvalue weighted by Crippen LogP contribution is 2.30. The molecule has 242 valence electrons. The molecule has 1 aromatic carbocycles. The zero-order chi connectivity index (χ0) is 32.7. The van der Waals surface area contributed by atoms with Gasteiger partial charge in [0.1, 0.15) is 28.9 Å². The van der Waals surface area contributed by atoms with E-state index in [0.29, 0.717) is 22.6 Å². The van der Waals surface area contributed by atoms with Crippen LogP contribution in [0.5, 0.6) is 5.88 Å². The zero-order valence-corrected chi connectivity index (χ0v) is 25.6. The highest BCUT2D eigenvalue weighted by Gasteiger charge is 2.41. The van der Waals surface area contributed by atoms with Crippen LogP contribution >= 0.6 is 0 Å². The Morgan fingerprint density at radius 3 is 2.69 bits per heavy atom. The van der Waals surface area contributed by atoms with Gasteiger partial charge in [-0.2, -0.15) is 0 Å². The van der Waals surface area contributed by atoms with E-state index in [9.17, 15) is 28.6 Å². The van der Waals surface area contributed by atoms with Gasteiger partial charge in [-0.1, -0.05) is 12.2 Å². The molecule has 1 fully saturated rings. The number of fused-ring (bicyclic) bond motifs is 1. The quantitative estimate of drug-likeness (QED) is 0.296. The van der Waals surface area contributed by atoms with Crippen molar-refractivity contribution in [1.29, 1.82) is 0 Å². The number of benzene rings is 1. The molecule has 0 bridgehead atoms. The summed E-state index contributed by atoms with van der Waals surface area (Å²) < 4.78 is 45.0. The van der Waals surface area contributed by atoms with E-state index in [-0.39, 0.29) is 31.4 Å². The van der Waals surface area contributed by atoms with Crippen molar-refractivity contribution in [3.05, 3.63) is 65.9 Å². The number of halogens is 2. The van der Waals surface area contributed by atoms with E-state index < -0.39 is 60.2 Å². The average molecular weight is 629 g/mol. The number of aromatic nitrogens is 2. The molecule has 3 aromatic rings. The van der Waals surface area contributed by atoms with Crippen LogP contribution in [-0.2, 0) is 14.3 Å². The molecule has 4 atom stereocenters. The number of nitrogens with one attached hydrogen (secondary N) is 1. The van der Waals surface area contributed by atoms with Gasteiger partial charge >= 0.3 is 6.09 Å². The summed E-state index contributed by atoms with van der Waals surface area (Å²) in [6, 6.07) is 7.33. The molecular formula is C32H38F2N4O7. The fraction of sp³-hybridized carbons (Fsp3) is 0.438. The van der Waals surface area contributed by atoms with Crippen molar-refractivity contribution in [2.24, 2.45) is 0 Å². The van der Waals surface area contributed by atoms with Gasteiger partial charge in [0.25, 0.3) is 5.91 Å². The van der Waals surface area contributed by atoms with E-state index in [1.807, 2.05) is 0 Å². The molecule has 0 aliphatic carbocycles. The van der Waals surface area contributed by atoms with E-state index in [4.69, 9.17) is 14.2 Å². The zero-order valence-electron chi connectivity index (χ0n) is 25.6. The number of methoxy groups -OCH3 is 1. The Bertz CT molecular complexity index is 1530. The lowest BCUT2D eigenvalue weighted by molar-refractivity contribution is -0.147. The molecule has 1 aliphatic heterocycles. The normalized spacial score (nSPS) is 19.3. The smallest absolute Gasteiger partial charge is 0.410 e. The van der Waals surface area contributed by atoms with Gasteiger partial charge in [0.2, 0.25) is 5.88 Å². The first-order valence-corrected chi connectivity index (χ1v) is 14.5. The minimum Gasteiger partial charge on any atom is -0.481 e. The Labute approximate surface area is 259 Å². The summed E-state index contributed by atoms with van der Waals surface area (Å²) in [5, 5.41) is 22.8. The third kappa shape index (κ3) is 8.93. The number of carbonyl (C=O) groups excluding carboxylic acids is 2. The summed E-state index contributed by atoms with van der Waals surface area (Å²) >= 11 is 0. The van der Waals surface area contributed by atoms with Gasteiger partial charge in [0.05, 0.1) is 43.2 Å². The lowest BCUT2D eigenvalue weighted by Gasteiger charge is -2.42. The van der Waals surface area contributed by atoms with Gasteiger partial charge in [0, 0.05) is 30.8 Å². The van der Waals surface area contributed by atoms with Crippen molar-refractivity contribution in [2.75, 3.05) is 25.6 Å². The Kier molecular flexibility index (Phi) is 11.0. The summed E-state index contributed by atoms with van der Waals surface area (Å²) in [5.74, 6) is -1.37. The summed E-state index contributed by atoms with van der Waals surface area (Å²) in [7, 11) is 1.48. The Morgan fingerprint density at radius 2 is 1.98 bits per heavy atom. The predicted octanol–water partition coefficient (Wildman–Crippen LogP) is 4.47. The molecule has 0 spiro atoms. The maximum Gasteiger partial charge on any atom is 0.410 e. The van der Waals surface area contributed by atoms with Crippen molar-refractivity contribution in [3.8, 4) is 5.88 Å². The van der Waals surface area contributed by atoms with Crippen molar-refractivity contribution in [3.63, 3.8) is 0 Å². The average Bonchev–Trinajstić information content (AvgIpc) is 3.00. The lowest BCUT2D eigenvalue weighted by atomic mass is 9.93. The number of hydrogen-bond acceptors (Lipinski definition) is 9. The summed E-state index contributed by atoms with van der Waals surface area (Å²) in [4.78, 5) is 36.9. The number of aliphatic hydroxyl groups excluding tert-OH is 2. The minimum atomic E-state index is -1.20. The van der Waals surface area contributed by atoms with Gasteiger partial charge in [-0.25, -0.2) is 18.6 Å². The highest BCUT2D eigenvalue weighted by atomic mass is 19.1. The number of pyridine rings is 2. The number of anilines is 1. The van der Waals surface area contributed by atoms with Gasteiger partial charge < -0.3 is 29.7 Å². The van der Waals surface area contributed by atoms with Crippen LogP contribution in [0.4, 0.5) is 19.3 Å². The molecule has 0 saturated carbocycles. The second-order valence-corrected chi connectivity index (χ2v) is 11.6. The first kappa shape index (κ1) is 33.7. The van der Waals surface area contributed by atoms with Crippen molar-refractivity contribution in [1.82, 2.24) is 14.9 Å². The SMILES string of the molecule is COc1ccc2nccc(NC(=O)[C@@H]3CC[C@@H](N(C/C=C/c4cc(F)ccc4F)C(=O)OC(C)(C)C)[C@@H](CC(O)CO)O3)c2n1. The van der Waals surface area contributed by atoms with Gasteiger partial charge in [-0.3, -0.25) is 14.7 Å². The molecule has 1 unspecified atom stereocenters. The van der Waals surface area contributed by atoms with Crippen LogP contribution in [0.2, 0.25) is 0 Å². The number of ether oxygens (including phenoxy) is 3. The molecule has 4 rings (SSSR count). The largest absolute Gasteiger partial charge is 0.481 e. The molecule has 3 heterocycles. The number of aliphatic hydroxyl groups is 2. The number of hydrogen-bond donors (Lipinski definition) is 3. The maximum absolute atomic E-state index is 14.2. The van der Waals surface area contributed by atoms with Crippen molar-refractivity contribution >= 4 is 34.8 Å².